The first kappa shape index (κ1) is 14.8. The van der Waals surface area contributed by atoms with Crippen molar-refractivity contribution in [2.45, 2.75) is 11.8 Å². The van der Waals surface area contributed by atoms with Gasteiger partial charge in [-0.2, -0.15) is 0 Å². The molecule has 0 aliphatic heterocycles. The highest BCUT2D eigenvalue weighted by Crippen LogP contribution is 2.30. The largest absolute Gasteiger partial charge is 0.263 e. The summed E-state index contributed by atoms with van der Waals surface area (Å²) >= 11 is 6.19. The number of aryl methyl sites for hydroxylation is 1. The average molecular weight is 333 g/mol. The van der Waals surface area contributed by atoms with Crippen LogP contribution in [0.15, 0.2) is 59.5 Å². The van der Waals surface area contributed by atoms with Gasteiger partial charge in [0.15, 0.2) is 0 Å². The molecule has 112 valence electrons. The number of hydrogen-bond acceptors (Lipinski definition) is 3. The first-order valence-electron chi connectivity index (χ1n) is 6.61. The van der Waals surface area contributed by atoms with Gasteiger partial charge in [-0.15, -0.1) is 0 Å². The van der Waals surface area contributed by atoms with Crippen LogP contribution in [0.2, 0.25) is 5.02 Å². The Morgan fingerprint density at radius 2 is 1.68 bits per heavy atom. The molecule has 1 N–H and O–H groups in total. The Labute approximate surface area is 133 Å². The van der Waals surface area contributed by atoms with Crippen molar-refractivity contribution < 1.29 is 8.42 Å². The summed E-state index contributed by atoms with van der Waals surface area (Å²) in [6.07, 6.45) is 0. The molecule has 1 aromatic heterocycles. The summed E-state index contributed by atoms with van der Waals surface area (Å²) < 4.78 is 27.8. The molecule has 0 bridgehead atoms. The minimum absolute atomic E-state index is 0.138. The smallest absolute Gasteiger partial charge is 0.263 e. The van der Waals surface area contributed by atoms with Gasteiger partial charge in [-0.05, 0) is 36.6 Å². The van der Waals surface area contributed by atoms with Crippen LogP contribution in [0.5, 0.6) is 0 Å². The molecule has 22 heavy (non-hydrogen) atoms. The summed E-state index contributed by atoms with van der Waals surface area (Å²) in [5, 5.41) is 1.68. The van der Waals surface area contributed by atoms with Gasteiger partial charge in [0.25, 0.3) is 10.0 Å². The van der Waals surface area contributed by atoms with E-state index in [1.54, 1.807) is 43.3 Å². The maximum atomic E-state index is 12.7. The Morgan fingerprint density at radius 3 is 2.41 bits per heavy atom. The molecule has 0 unspecified atom stereocenters. The molecule has 0 fully saturated rings. The topological polar surface area (TPSA) is 59.1 Å². The van der Waals surface area contributed by atoms with Crippen LogP contribution in [0, 0.1) is 6.92 Å². The fourth-order valence-corrected chi connectivity index (χ4v) is 3.87. The summed E-state index contributed by atoms with van der Waals surface area (Å²) in [4.78, 5) is 4.30. The second-order valence-electron chi connectivity index (χ2n) is 4.86. The fraction of sp³-hybridized carbons (Fsp3) is 0.0625. The lowest BCUT2D eigenvalue weighted by Gasteiger charge is -2.11. The first-order chi connectivity index (χ1) is 10.5. The fourth-order valence-electron chi connectivity index (χ4n) is 2.28. The number of pyridine rings is 1. The number of halogens is 1. The van der Waals surface area contributed by atoms with Crippen LogP contribution in [0.3, 0.4) is 0 Å². The van der Waals surface area contributed by atoms with Gasteiger partial charge in [-0.25, -0.2) is 13.4 Å². The predicted molar refractivity (Wildman–Crippen MR) is 88.7 cm³/mol. The number of benzene rings is 2. The van der Waals surface area contributed by atoms with Crippen LogP contribution in [-0.2, 0) is 10.0 Å². The van der Waals surface area contributed by atoms with E-state index in [2.05, 4.69) is 9.71 Å². The third kappa shape index (κ3) is 2.77. The molecule has 0 aliphatic rings. The molecule has 0 radical (unpaired) electrons. The molecule has 0 saturated carbocycles. The molecule has 1 heterocycles. The van der Waals surface area contributed by atoms with Gasteiger partial charge in [-0.3, -0.25) is 4.72 Å². The van der Waals surface area contributed by atoms with Crippen molar-refractivity contribution in [2.75, 3.05) is 4.72 Å². The molecule has 3 aromatic rings. The van der Waals surface area contributed by atoms with Crippen molar-refractivity contribution in [3.63, 3.8) is 0 Å². The Hall–Kier alpha value is -2.11. The molecule has 0 aliphatic carbocycles. The van der Waals surface area contributed by atoms with Crippen molar-refractivity contribution >= 4 is 38.2 Å². The Balaban J connectivity index is 2.14. The van der Waals surface area contributed by atoms with Gasteiger partial charge < -0.3 is 0 Å². The molecule has 4 nitrogen and oxygen atoms in total. The van der Waals surface area contributed by atoms with Crippen molar-refractivity contribution in [2.24, 2.45) is 0 Å². The van der Waals surface area contributed by atoms with E-state index in [1.807, 2.05) is 12.1 Å². The second kappa shape index (κ2) is 5.59. The van der Waals surface area contributed by atoms with Crippen molar-refractivity contribution in [3.05, 3.63) is 65.3 Å². The Kier molecular flexibility index (Phi) is 3.76. The van der Waals surface area contributed by atoms with Crippen LogP contribution < -0.4 is 4.72 Å². The number of fused-ring (bicyclic) bond motifs is 1. The molecule has 6 heteroatoms. The Bertz CT molecular complexity index is 950. The zero-order valence-corrected chi connectivity index (χ0v) is 13.3. The molecule has 0 saturated heterocycles. The van der Waals surface area contributed by atoms with Crippen molar-refractivity contribution in [3.8, 4) is 0 Å². The number of nitrogens with zero attached hydrogens (tertiary/aromatic N) is 1. The van der Waals surface area contributed by atoms with Crippen LogP contribution in [-0.4, -0.2) is 13.4 Å². The lowest BCUT2D eigenvalue weighted by molar-refractivity contribution is 0.602. The van der Waals surface area contributed by atoms with Crippen LogP contribution in [0.1, 0.15) is 5.69 Å². The third-order valence-electron chi connectivity index (χ3n) is 3.23. The molecular weight excluding hydrogens is 320 g/mol. The van der Waals surface area contributed by atoms with E-state index in [-0.39, 0.29) is 10.7 Å². The van der Waals surface area contributed by atoms with Crippen LogP contribution in [0.4, 0.5) is 5.82 Å². The van der Waals surface area contributed by atoms with E-state index in [1.165, 1.54) is 6.07 Å². The number of sulfonamides is 1. The Morgan fingerprint density at radius 1 is 1.00 bits per heavy atom. The average Bonchev–Trinajstić information content (AvgIpc) is 2.46. The number of rotatable bonds is 3. The van der Waals surface area contributed by atoms with Gasteiger partial charge in [-0.1, -0.05) is 41.9 Å². The van der Waals surface area contributed by atoms with Crippen LogP contribution in [0.25, 0.3) is 10.8 Å². The monoisotopic (exact) mass is 332 g/mol. The van der Waals surface area contributed by atoms with E-state index in [9.17, 15) is 8.42 Å². The highest BCUT2D eigenvalue weighted by atomic mass is 35.5. The highest BCUT2D eigenvalue weighted by Gasteiger charge is 2.19. The quantitative estimate of drug-likeness (QED) is 0.788. The summed E-state index contributed by atoms with van der Waals surface area (Å²) in [7, 11) is -3.78. The van der Waals surface area contributed by atoms with Gasteiger partial charge in [0.05, 0.1) is 4.90 Å². The number of hydrogen-bond donors (Lipinski definition) is 1. The SMILES string of the molecule is Cc1cccc(NS(=O)(=O)c2cccc3cccc(Cl)c23)n1. The molecule has 0 atom stereocenters. The summed E-state index contributed by atoms with van der Waals surface area (Å²) in [6, 6.07) is 15.5. The standard InChI is InChI=1S/C16H13ClN2O2S/c1-11-5-2-10-15(18-11)19-22(20,21)14-9-4-7-12-6-3-8-13(17)16(12)14/h2-10H,1H3,(H,18,19). The maximum Gasteiger partial charge on any atom is 0.263 e. The molecule has 0 amide bonds. The van der Waals surface area contributed by atoms with Gasteiger partial charge in [0.1, 0.15) is 5.82 Å². The van der Waals surface area contributed by atoms with Crippen LogP contribution >= 0.6 is 11.6 Å². The molecule has 2 aromatic carbocycles. The lowest BCUT2D eigenvalue weighted by atomic mass is 10.1. The van der Waals surface area contributed by atoms with Gasteiger partial charge >= 0.3 is 0 Å². The molecular formula is C16H13ClN2O2S. The minimum Gasteiger partial charge on any atom is -0.263 e. The highest BCUT2D eigenvalue weighted by molar-refractivity contribution is 7.93. The molecule has 0 spiro atoms. The van der Waals surface area contributed by atoms with E-state index in [4.69, 9.17) is 11.6 Å². The predicted octanol–water partition coefficient (Wildman–Crippen LogP) is 4.00. The third-order valence-corrected chi connectivity index (χ3v) is 4.94. The summed E-state index contributed by atoms with van der Waals surface area (Å²) in [6.45, 7) is 1.80. The van der Waals surface area contributed by atoms with Gasteiger partial charge in [0.2, 0.25) is 0 Å². The van der Waals surface area contributed by atoms with E-state index < -0.39 is 10.0 Å². The maximum absolute atomic E-state index is 12.7. The number of nitrogens with one attached hydrogen (secondary N) is 1. The lowest BCUT2D eigenvalue weighted by Crippen LogP contribution is -2.14. The normalized spacial score (nSPS) is 11.5. The zero-order valence-electron chi connectivity index (χ0n) is 11.7. The summed E-state index contributed by atoms with van der Waals surface area (Å²) in [5.41, 5.74) is 0.733. The van der Waals surface area contributed by atoms with E-state index >= 15 is 0 Å². The minimum atomic E-state index is -3.78. The second-order valence-corrected chi connectivity index (χ2v) is 6.92. The zero-order chi connectivity index (χ0) is 15.7. The summed E-state index contributed by atoms with van der Waals surface area (Å²) in [5.74, 6) is 0.282. The van der Waals surface area contributed by atoms with Gasteiger partial charge in [0, 0.05) is 16.1 Å². The first-order valence-corrected chi connectivity index (χ1v) is 8.47. The number of aromatic nitrogens is 1. The molecule has 3 rings (SSSR count). The number of anilines is 1. The van der Waals surface area contributed by atoms with Crippen molar-refractivity contribution in [1.82, 2.24) is 4.98 Å². The van der Waals surface area contributed by atoms with Crippen molar-refractivity contribution in [1.29, 1.82) is 0 Å². The van der Waals surface area contributed by atoms with E-state index in [0.717, 1.165) is 11.1 Å². The van der Waals surface area contributed by atoms with E-state index in [0.29, 0.717) is 10.4 Å².